The lowest BCUT2D eigenvalue weighted by Crippen LogP contribution is -2.48. The van der Waals surface area contributed by atoms with Gasteiger partial charge in [0.15, 0.2) is 0 Å². The van der Waals surface area contributed by atoms with E-state index in [1.54, 1.807) is 18.2 Å². The number of β-amino-alcohol motifs (C(OH)–C–C–N with tert-alkyl or cyclic N) is 1. The molecule has 2 aromatic rings. The van der Waals surface area contributed by atoms with Gasteiger partial charge < -0.3 is 10.0 Å². The normalized spacial score (nSPS) is 18.0. The van der Waals surface area contributed by atoms with Crippen LogP contribution in [0.15, 0.2) is 54.2 Å². The zero-order valence-electron chi connectivity index (χ0n) is 16.2. The SMILES string of the molecule is O=C1C(c2ccccc2)=C(N2CCN(CCO)CC2)C(=O)N1c1cccc(Cl)c1Cl. The third-order valence-electron chi connectivity index (χ3n) is 5.40. The number of hydrogen-bond acceptors (Lipinski definition) is 5. The molecular weight excluding hydrogens is 425 g/mol. The molecule has 2 aliphatic rings. The molecule has 156 valence electrons. The standard InChI is InChI=1S/C22H21Cl2N3O3/c23-16-7-4-8-17(19(16)24)27-21(29)18(15-5-2-1-3-6-15)20(22(27)30)26-11-9-25(10-12-26)13-14-28/h1-8,28H,9-14H2. The van der Waals surface area contributed by atoms with Crippen LogP contribution in [0.3, 0.4) is 0 Å². The molecule has 1 saturated heterocycles. The number of aliphatic hydroxyl groups excluding tert-OH is 1. The summed E-state index contributed by atoms with van der Waals surface area (Å²) in [5.74, 6) is -0.818. The number of benzene rings is 2. The van der Waals surface area contributed by atoms with Crippen LogP contribution in [-0.2, 0) is 9.59 Å². The van der Waals surface area contributed by atoms with Crippen LogP contribution < -0.4 is 4.90 Å². The van der Waals surface area contributed by atoms with Crippen molar-refractivity contribution in [3.8, 4) is 0 Å². The first-order chi connectivity index (χ1) is 14.5. The maximum Gasteiger partial charge on any atom is 0.282 e. The molecule has 0 bridgehead atoms. The fourth-order valence-corrected chi connectivity index (χ4v) is 4.28. The first-order valence-corrected chi connectivity index (χ1v) is 10.5. The molecule has 8 heteroatoms. The van der Waals surface area contributed by atoms with E-state index in [-0.39, 0.29) is 22.3 Å². The van der Waals surface area contributed by atoms with Gasteiger partial charge in [-0.3, -0.25) is 14.5 Å². The van der Waals surface area contributed by atoms with Crippen LogP contribution in [0.2, 0.25) is 10.0 Å². The van der Waals surface area contributed by atoms with Crippen LogP contribution in [0.25, 0.3) is 5.57 Å². The Kier molecular flexibility index (Phi) is 6.11. The maximum absolute atomic E-state index is 13.5. The number of amides is 2. The van der Waals surface area contributed by atoms with Crippen LogP contribution in [0.5, 0.6) is 0 Å². The van der Waals surface area contributed by atoms with Crippen molar-refractivity contribution in [1.29, 1.82) is 0 Å². The van der Waals surface area contributed by atoms with Crippen LogP contribution in [0.1, 0.15) is 5.56 Å². The first kappa shape index (κ1) is 20.9. The molecule has 2 amide bonds. The van der Waals surface area contributed by atoms with Crippen molar-refractivity contribution in [3.63, 3.8) is 0 Å². The topological polar surface area (TPSA) is 64.1 Å². The minimum absolute atomic E-state index is 0.0937. The van der Waals surface area contributed by atoms with Crippen molar-refractivity contribution in [2.24, 2.45) is 0 Å². The summed E-state index contributed by atoms with van der Waals surface area (Å²) in [6, 6.07) is 14.1. The van der Waals surface area contributed by atoms with Crippen molar-refractivity contribution < 1.29 is 14.7 Å². The number of nitrogens with zero attached hydrogens (tertiary/aromatic N) is 3. The number of hydrogen-bond donors (Lipinski definition) is 1. The van der Waals surface area contributed by atoms with Crippen LogP contribution in [-0.4, -0.2) is 66.1 Å². The minimum atomic E-state index is -0.414. The largest absolute Gasteiger partial charge is 0.395 e. The Labute approximate surface area is 184 Å². The lowest BCUT2D eigenvalue weighted by molar-refractivity contribution is -0.120. The van der Waals surface area contributed by atoms with Crippen molar-refractivity contribution in [2.75, 3.05) is 44.2 Å². The molecule has 2 aliphatic heterocycles. The Morgan fingerprint density at radius 2 is 1.57 bits per heavy atom. The summed E-state index contributed by atoms with van der Waals surface area (Å²) in [7, 11) is 0. The summed E-state index contributed by atoms with van der Waals surface area (Å²) < 4.78 is 0. The lowest BCUT2D eigenvalue weighted by Gasteiger charge is -2.36. The molecule has 0 aliphatic carbocycles. The number of rotatable bonds is 5. The van der Waals surface area contributed by atoms with Crippen molar-refractivity contribution in [3.05, 3.63) is 69.8 Å². The van der Waals surface area contributed by atoms with Crippen LogP contribution in [0.4, 0.5) is 5.69 Å². The second-order valence-electron chi connectivity index (χ2n) is 7.16. The number of piperazine rings is 1. The van der Waals surface area contributed by atoms with Gasteiger partial charge in [-0.25, -0.2) is 4.90 Å². The number of imide groups is 1. The predicted octanol–water partition coefficient (Wildman–Crippen LogP) is 2.89. The molecule has 2 heterocycles. The minimum Gasteiger partial charge on any atom is -0.395 e. The zero-order valence-corrected chi connectivity index (χ0v) is 17.7. The van der Waals surface area contributed by atoms with E-state index in [0.29, 0.717) is 49.6 Å². The molecule has 2 aromatic carbocycles. The van der Waals surface area contributed by atoms with Gasteiger partial charge in [0.2, 0.25) is 0 Å². The van der Waals surface area contributed by atoms with E-state index in [9.17, 15) is 14.7 Å². The van der Waals surface area contributed by atoms with Gasteiger partial charge in [0.1, 0.15) is 5.70 Å². The molecule has 6 nitrogen and oxygen atoms in total. The highest BCUT2D eigenvalue weighted by Gasteiger charge is 2.43. The average molecular weight is 446 g/mol. The highest BCUT2D eigenvalue weighted by molar-refractivity contribution is 6.49. The summed E-state index contributed by atoms with van der Waals surface area (Å²) in [4.78, 5) is 32.2. The Morgan fingerprint density at radius 3 is 2.23 bits per heavy atom. The van der Waals surface area contributed by atoms with E-state index in [1.807, 2.05) is 35.2 Å². The molecule has 1 N–H and O–H groups in total. The molecule has 0 unspecified atom stereocenters. The number of halogens is 2. The molecule has 30 heavy (non-hydrogen) atoms. The predicted molar refractivity (Wildman–Crippen MR) is 117 cm³/mol. The van der Waals surface area contributed by atoms with E-state index in [4.69, 9.17) is 23.2 Å². The fourth-order valence-electron chi connectivity index (χ4n) is 3.90. The Bertz CT molecular complexity index is 1000. The third kappa shape index (κ3) is 3.72. The quantitative estimate of drug-likeness (QED) is 0.716. The summed E-state index contributed by atoms with van der Waals surface area (Å²) in [6.45, 7) is 3.26. The third-order valence-corrected chi connectivity index (χ3v) is 6.21. The fraction of sp³-hybridized carbons (Fsp3) is 0.273. The second kappa shape index (κ2) is 8.78. The van der Waals surface area contributed by atoms with Gasteiger partial charge >= 0.3 is 0 Å². The van der Waals surface area contributed by atoms with Crippen molar-refractivity contribution in [1.82, 2.24) is 9.80 Å². The molecule has 0 radical (unpaired) electrons. The Balaban J connectivity index is 1.75. The van der Waals surface area contributed by atoms with Crippen LogP contribution >= 0.6 is 23.2 Å². The summed E-state index contributed by atoms with van der Waals surface area (Å²) >= 11 is 12.5. The average Bonchev–Trinajstić information content (AvgIpc) is 3.02. The molecular formula is C22H21Cl2N3O3. The first-order valence-electron chi connectivity index (χ1n) is 9.73. The highest BCUT2D eigenvalue weighted by Crippen LogP contribution is 2.39. The summed E-state index contributed by atoms with van der Waals surface area (Å²) in [6.07, 6.45) is 0. The lowest BCUT2D eigenvalue weighted by atomic mass is 10.0. The van der Waals surface area contributed by atoms with E-state index in [0.717, 1.165) is 4.90 Å². The van der Waals surface area contributed by atoms with Gasteiger partial charge in [-0.2, -0.15) is 0 Å². The monoisotopic (exact) mass is 445 g/mol. The Morgan fingerprint density at radius 1 is 0.867 bits per heavy atom. The number of aliphatic hydroxyl groups is 1. The van der Waals surface area contributed by atoms with Crippen molar-refractivity contribution >= 4 is 46.3 Å². The highest BCUT2D eigenvalue weighted by atomic mass is 35.5. The van der Waals surface area contributed by atoms with E-state index < -0.39 is 11.8 Å². The molecule has 4 rings (SSSR count). The molecule has 0 aromatic heterocycles. The van der Waals surface area contributed by atoms with Gasteiger partial charge in [0.05, 0.1) is 27.9 Å². The van der Waals surface area contributed by atoms with Crippen molar-refractivity contribution in [2.45, 2.75) is 0 Å². The van der Waals surface area contributed by atoms with E-state index in [1.165, 1.54) is 0 Å². The molecule has 0 atom stereocenters. The maximum atomic E-state index is 13.5. The van der Waals surface area contributed by atoms with E-state index >= 15 is 0 Å². The van der Waals surface area contributed by atoms with Gasteiger partial charge in [0, 0.05) is 32.7 Å². The number of carbonyl (C=O) groups is 2. The summed E-state index contributed by atoms with van der Waals surface area (Å²) in [5, 5.41) is 9.63. The van der Waals surface area contributed by atoms with Gasteiger partial charge in [0.25, 0.3) is 11.8 Å². The Hall–Kier alpha value is -2.38. The van der Waals surface area contributed by atoms with Gasteiger partial charge in [-0.15, -0.1) is 0 Å². The van der Waals surface area contributed by atoms with Gasteiger partial charge in [-0.1, -0.05) is 59.6 Å². The summed E-state index contributed by atoms with van der Waals surface area (Å²) in [5.41, 5.74) is 1.71. The van der Waals surface area contributed by atoms with Gasteiger partial charge in [-0.05, 0) is 17.7 Å². The molecule has 0 spiro atoms. The number of anilines is 1. The number of carbonyl (C=O) groups excluding carboxylic acids is 2. The molecule has 0 saturated carbocycles. The zero-order chi connectivity index (χ0) is 21.3. The smallest absolute Gasteiger partial charge is 0.282 e. The van der Waals surface area contributed by atoms with Crippen LogP contribution in [0, 0.1) is 0 Å². The van der Waals surface area contributed by atoms with E-state index in [2.05, 4.69) is 4.90 Å². The molecule has 1 fully saturated rings. The second-order valence-corrected chi connectivity index (χ2v) is 7.95.